The second kappa shape index (κ2) is 7.99. The van der Waals surface area contributed by atoms with Gasteiger partial charge in [-0.05, 0) is 48.6 Å². The van der Waals surface area contributed by atoms with E-state index in [0.717, 1.165) is 59.2 Å². The van der Waals surface area contributed by atoms with Crippen molar-refractivity contribution in [3.8, 4) is 5.75 Å². The van der Waals surface area contributed by atoms with Crippen molar-refractivity contribution in [1.82, 2.24) is 19.7 Å². The van der Waals surface area contributed by atoms with E-state index in [2.05, 4.69) is 28.3 Å². The van der Waals surface area contributed by atoms with Crippen LogP contribution in [-0.4, -0.2) is 52.4 Å². The van der Waals surface area contributed by atoms with Gasteiger partial charge in [0.1, 0.15) is 18.2 Å². The summed E-state index contributed by atoms with van der Waals surface area (Å²) in [6.07, 6.45) is 3.78. The molecule has 4 aromatic rings. The lowest BCUT2D eigenvalue weighted by molar-refractivity contribution is 0.0708. The number of fused-ring (bicyclic) bond motifs is 4. The molecule has 0 unspecified atom stereocenters. The van der Waals surface area contributed by atoms with Crippen LogP contribution in [0.4, 0.5) is 5.82 Å². The van der Waals surface area contributed by atoms with Crippen LogP contribution in [0.3, 0.4) is 0 Å². The number of carbonyl (C=O) groups excluding carboxylic acids is 1. The number of carbonyl (C=O) groups is 1. The zero-order valence-corrected chi connectivity index (χ0v) is 19.3. The number of benzene rings is 2. The second-order valence-electron chi connectivity index (χ2n) is 9.19. The summed E-state index contributed by atoms with van der Waals surface area (Å²) in [6.45, 7) is 2.06. The van der Waals surface area contributed by atoms with Gasteiger partial charge in [0.2, 0.25) is 0 Å². The lowest BCUT2D eigenvalue weighted by atomic mass is 9.90. The number of amides is 1. The number of aromatic nitrogens is 3. The topological polar surface area (TPSA) is 95.5 Å². The molecule has 4 heterocycles. The number of nitrogen functional groups attached to an aromatic ring is 1. The van der Waals surface area contributed by atoms with Gasteiger partial charge in [0.25, 0.3) is 5.91 Å². The fraction of sp³-hybridized carbons (Fsp3) is 0.346. The van der Waals surface area contributed by atoms with E-state index < -0.39 is 0 Å². The number of hydrogen-bond acceptors (Lipinski definition) is 6. The molecule has 0 radical (unpaired) electrons. The third-order valence-electron chi connectivity index (χ3n) is 7.23. The molecule has 2 aliphatic rings. The number of rotatable bonds is 3. The minimum atomic E-state index is -0.136. The Hall–Kier alpha value is -3.65. The first-order chi connectivity index (χ1) is 16.5. The summed E-state index contributed by atoms with van der Waals surface area (Å²) in [5, 5.41) is 5.96. The van der Waals surface area contributed by atoms with E-state index in [1.807, 2.05) is 26.2 Å². The third-order valence-corrected chi connectivity index (χ3v) is 7.23. The summed E-state index contributed by atoms with van der Waals surface area (Å²) >= 11 is 0. The van der Waals surface area contributed by atoms with Crippen molar-refractivity contribution >= 4 is 33.5 Å². The Morgan fingerprint density at radius 2 is 1.97 bits per heavy atom. The zero-order chi connectivity index (χ0) is 23.4. The van der Waals surface area contributed by atoms with Gasteiger partial charge in [0.05, 0.1) is 28.7 Å². The summed E-state index contributed by atoms with van der Waals surface area (Å²) in [5.41, 5.74) is 10.7. The number of aryl methyl sites for hydroxylation is 1. The van der Waals surface area contributed by atoms with Crippen LogP contribution in [0.15, 0.2) is 42.6 Å². The molecule has 2 aromatic heterocycles. The Labute approximate surface area is 197 Å². The summed E-state index contributed by atoms with van der Waals surface area (Å²) in [6, 6.07) is 11.8. The highest BCUT2D eigenvalue weighted by atomic mass is 16.5. The Bertz CT molecular complexity index is 1420. The van der Waals surface area contributed by atoms with E-state index in [9.17, 15) is 4.79 Å². The second-order valence-corrected chi connectivity index (χ2v) is 9.19. The minimum absolute atomic E-state index is 0.0657. The normalized spacial score (nSPS) is 18.2. The van der Waals surface area contributed by atoms with Gasteiger partial charge < -0.3 is 20.1 Å². The van der Waals surface area contributed by atoms with Crippen LogP contribution in [0.1, 0.15) is 46.3 Å². The van der Waals surface area contributed by atoms with Crippen LogP contribution >= 0.6 is 0 Å². The maximum Gasteiger partial charge on any atom is 0.254 e. The Morgan fingerprint density at radius 3 is 2.79 bits per heavy atom. The lowest BCUT2D eigenvalue weighted by Gasteiger charge is -2.25. The van der Waals surface area contributed by atoms with Crippen molar-refractivity contribution in [2.75, 3.05) is 32.6 Å². The van der Waals surface area contributed by atoms with E-state index in [-0.39, 0.29) is 11.9 Å². The average Bonchev–Trinajstić information content (AvgIpc) is 3.47. The van der Waals surface area contributed by atoms with Crippen LogP contribution in [0, 0.1) is 0 Å². The molecule has 34 heavy (non-hydrogen) atoms. The van der Waals surface area contributed by atoms with Crippen molar-refractivity contribution in [3.05, 3.63) is 59.3 Å². The number of anilines is 1. The van der Waals surface area contributed by atoms with Gasteiger partial charge in [0.15, 0.2) is 0 Å². The Balaban J connectivity index is 1.30. The lowest BCUT2D eigenvalue weighted by Crippen LogP contribution is -2.32. The number of likely N-dealkylation sites (N-methyl/N-ethyl adjacent to an activating group) is 1. The first kappa shape index (κ1) is 20.9. The van der Waals surface area contributed by atoms with Crippen LogP contribution in [0.25, 0.3) is 21.8 Å². The van der Waals surface area contributed by atoms with E-state index in [4.69, 9.17) is 15.2 Å². The van der Waals surface area contributed by atoms with E-state index in [1.165, 1.54) is 5.56 Å². The van der Waals surface area contributed by atoms with Crippen molar-refractivity contribution < 1.29 is 14.3 Å². The standard InChI is InChI=1S/C26H27N5O3/c1-30(22-14-34-23-12-16(3-5-18(22)23)15-7-9-33-10-8-15)26(32)17-4-6-21-19(11-17)24-20(25(27)29-21)13-28-31(24)2/h3-6,11-13,15,22H,7-10,14H2,1-2H3,(H2,27,29)/t22-/m1/s1. The number of hydrogen-bond donors (Lipinski definition) is 1. The third kappa shape index (κ3) is 3.28. The van der Waals surface area contributed by atoms with Gasteiger partial charge in [-0.25, -0.2) is 4.98 Å². The number of pyridine rings is 1. The minimum Gasteiger partial charge on any atom is -0.491 e. The largest absolute Gasteiger partial charge is 0.491 e. The summed E-state index contributed by atoms with van der Waals surface area (Å²) in [5.74, 6) is 1.75. The molecule has 6 rings (SSSR count). The molecule has 1 atom stereocenters. The monoisotopic (exact) mass is 457 g/mol. The number of nitrogens with zero attached hydrogens (tertiary/aromatic N) is 4. The summed E-state index contributed by atoms with van der Waals surface area (Å²) in [4.78, 5) is 19.8. The van der Waals surface area contributed by atoms with Gasteiger partial charge in [-0.1, -0.05) is 12.1 Å². The summed E-state index contributed by atoms with van der Waals surface area (Å²) in [7, 11) is 3.70. The first-order valence-corrected chi connectivity index (χ1v) is 11.6. The predicted molar refractivity (Wildman–Crippen MR) is 130 cm³/mol. The number of nitrogens with two attached hydrogens (primary N) is 1. The van der Waals surface area contributed by atoms with Gasteiger partial charge in [-0.15, -0.1) is 0 Å². The maximum atomic E-state index is 13.5. The predicted octanol–water partition coefficient (Wildman–Crippen LogP) is 3.80. The Morgan fingerprint density at radius 1 is 1.15 bits per heavy atom. The molecular formula is C26H27N5O3. The fourth-order valence-corrected chi connectivity index (χ4v) is 5.25. The molecule has 2 aromatic carbocycles. The summed E-state index contributed by atoms with van der Waals surface area (Å²) < 4.78 is 13.3. The molecule has 8 heteroatoms. The van der Waals surface area contributed by atoms with Crippen LogP contribution in [0.5, 0.6) is 5.75 Å². The van der Waals surface area contributed by atoms with E-state index >= 15 is 0 Å². The molecular weight excluding hydrogens is 430 g/mol. The Kier molecular flexibility index (Phi) is 4.91. The van der Waals surface area contributed by atoms with Crippen LogP contribution < -0.4 is 10.5 Å². The van der Waals surface area contributed by atoms with Crippen molar-refractivity contribution in [3.63, 3.8) is 0 Å². The number of ether oxygens (including phenoxy) is 2. The molecule has 0 bridgehead atoms. The van der Waals surface area contributed by atoms with Gasteiger partial charge >= 0.3 is 0 Å². The first-order valence-electron chi connectivity index (χ1n) is 11.6. The van der Waals surface area contributed by atoms with Gasteiger partial charge in [-0.3, -0.25) is 9.48 Å². The fourth-order valence-electron chi connectivity index (χ4n) is 5.25. The quantitative estimate of drug-likeness (QED) is 0.503. The van der Waals surface area contributed by atoms with Crippen molar-refractivity contribution in [2.24, 2.45) is 7.05 Å². The maximum absolute atomic E-state index is 13.5. The highest BCUT2D eigenvalue weighted by molar-refractivity contribution is 6.10. The van der Waals surface area contributed by atoms with Gasteiger partial charge in [-0.2, -0.15) is 5.10 Å². The molecule has 0 aliphatic carbocycles. The molecule has 1 fully saturated rings. The van der Waals surface area contributed by atoms with E-state index in [1.54, 1.807) is 21.8 Å². The zero-order valence-electron chi connectivity index (χ0n) is 19.3. The molecule has 1 amide bonds. The molecule has 2 N–H and O–H groups in total. The van der Waals surface area contributed by atoms with Crippen molar-refractivity contribution in [1.29, 1.82) is 0 Å². The molecule has 8 nitrogen and oxygen atoms in total. The average molecular weight is 458 g/mol. The van der Waals surface area contributed by atoms with Crippen LogP contribution in [-0.2, 0) is 11.8 Å². The SMILES string of the molecule is CN(C(=O)c1ccc2nc(N)c3cnn(C)c3c2c1)[C@@H]1COc2cc(C3CCOCC3)ccc21. The smallest absolute Gasteiger partial charge is 0.254 e. The van der Waals surface area contributed by atoms with E-state index in [0.29, 0.717) is 23.9 Å². The highest BCUT2D eigenvalue weighted by Gasteiger charge is 2.32. The molecule has 174 valence electrons. The van der Waals surface area contributed by atoms with Gasteiger partial charge in [0, 0.05) is 43.8 Å². The van der Waals surface area contributed by atoms with Crippen molar-refractivity contribution in [2.45, 2.75) is 24.8 Å². The molecule has 2 aliphatic heterocycles. The van der Waals surface area contributed by atoms with Crippen LogP contribution in [0.2, 0.25) is 0 Å². The molecule has 0 saturated carbocycles. The molecule has 1 saturated heterocycles. The highest BCUT2D eigenvalue weighted by Crippen LogP contribution is 2.39. The molecule has 0 spiro atoms.